The Morgan fingerprint density at radius 1 is 1.00 bits per heavy atom. The Hall–Kier alpha value is -1.40. The summed E-state index contributed by atoms with van der Waals surface area (Å²) < 4.78 is 73.7. The molecular weight excluding hydrogens is 224 g/mol. The van der Waals surface area contributed by atoms with Crippen LogP contribution in [0.4, 0.5) is 32.0 Å². The van der Waals surface area contributed by atoms with E-state index in [0.717, 1.165) is 6.07 Å². The molecule has 0 fully saturated rings. The summed E-state index contributed by atoms with van der Waals surface area (Å²) in [6, 6.07) is 1.51. The van der Waals surface area contributed by atoms with Crippen molar-refractivity contribution in [3.05, 3.63) is 29.6 Å². The minimum Gasteiger partial charge on any atom is -0.399 e. The molecule has 0 unspecified atom stereocenters. The number of halogens is 6. The van der Waals surface area contributed by atoms with Crippen LogP contribution in [0.1, 0.15) is 5.56 Å². The predicted molar refractivity (Wildman–Crippen MR) is 40.8 cm³/mol. The Morgan fingerprint density at radius 3 is 1.93 bits per heavy atom. The Kier molecular flexibility index (Phi) is 2.58. The maximum atomic E-state index is 12.8. The molecule has 2 N–H and O–H groups in total. The van der Waals surface area contributed by atoms with Crippen LogP contribution in [0.5, 0.6) is 0 Å². The van der Waals surface area contributed by atoms with E-state index >= 15 is 0 Å². The molecule has 1 aromatic rings. The van der Waals surface area contributed by atoms with E-state index in [4.69, 9.17) is 5.73 Å². The highest BCUT2D eigenvalue weighted by molar-refractivity contribution is 5.41. The maximum Gasteiger partial charge on any atom is 0.458 e. The molecule has 0 aliphatic carbocycles. The molecule has 7 heteroatoms. The molecule has 0 aliphatic rings. The Bertz CT molecular complexity index is 370. The Morgan fingerprint density at radius 2 is 1.53 bits per heavy atom. The normalized spacial score (nSPS) is 12.9. The van der Waals surface area contributed by atoms with Gasteiger partial charge in [0.2, 0.25) is 0 Å². The molecule has 0 saturated carbocycles. The molecule has 0 saturated heterocycles. The van der Waals surface area contributed by atoms with Gasteiger partial charge in [-0.3, -0.25) is 0 Å². The summed E-state index contributed by atoms with van der Waals surface area (Å²) in [7, 11) is 0. The summed E-state index contributed by atoms with van der Waals surface area (Å²) >= 11 is 0. The Balaban J connectivity index is 3.28. The van der Waals surface area contributed by atoms with Gasteiger partial charge in [0.15, 0.2) is 0 Å². The van der Waals surface area contributed by atoms with Gasteiger partial charge in [-0.25, -0.2) is 4.39 Å². The second kappa shape index (κ2) is 3.32. The van der Waals surface area contributed by atoms with Crippen LogP contribution in [0.15, 0.2) is 18.2 Å². The predicted octanol–water partition coefficient (Wildman–Crippen LogP) is 3.06. The smallest absolute Gasteiger partial charge is 0.399 e. The third-order valence-corrected chi connectivity index (χ3v) is 1.69. The summed E-state index contributed by atoms with van der Waals surface area (Å²) in [5, 5.41) is 0. The molecule has 84 valence electrons. The van der Waals surface area contributed by atoms with Crippen LogP contribution in [0.2, 0.25) is 0 Å². The van der Waals surface area contributed by atoms with E-state index in [1.807, 2.05) is 0 Å². The van der Waals surface area contributed by atoms with E-state index in [9.17, 15) is 26.3 Å². The minimum atomic E-state index is -5.83. The molecule has 0 atom stereocenters. The average molecular weight is 229 g/mol. The first kappa shape index (κ1) is 11.7. The number of nitrogen functional groups attached to an aromatic ring is 1. The van der Waals surface area contributed by atoms with Crippen LogP contribution in [-0.2, 0) is 5.92 Å². The summed E-state index contributed by atoms with van der Waals surface area (Å²) in [6.45, 7) is 0. The molecule has 0 amide bonds. The van der Waals surface area contributed by atoms with Gasteiger partial charge in [-0.15, -0.1) is 0 Å². The van der Waals surface area contributed by atoms with Crippen LogP contribution in [0, 0.1) is 5.82 Å². The lowest BCUT2D eigenvalue weighted by molar-refractivity contribution is -0.290. The van der Waals surface area contributed by atoms with E-state index in [1.165, 1.54) is 0 Å². The van der Waals surface area contributed by atoms with Crippen LogP contribution < -0.4 is 5.73 Å². The summed E-state index contributed by atoms with van der Waals surface area (Å²) in [5.41, 5.74) is 3.05. The van der Waals surface area contributed by atoms with Crippen LogP contribution in [0.25, 0.3) is 0 Å². The van der Waals surface area contributed by atoms with Crippen LogP contribution in [0.3, 0.4) is 0 Å². The lowest BCUT2D eigenvalue weighted by atomic mass is 10.1. The third-order valence-electron chi connectivity index (χ3n) is 1.69. The van der Waals surface area contributed by atoms with Crippen molar-refractivity contribution < 1.29 is 26.3 Å². The van der Waals surface area contributed by atoms with Gasteiger partial charge < -0.3 is 5.73 Å². The van der Waals surface area contributed by atoms with Gasteiger partial charge in [-0.2, -0.15) is 22.0 Å². The minimum absolute atomic E-state index is 0.228. The summed E-state index contributed by atoms with van der Waals surface area (Å²) in [4.78, 5) is 0. The van der Waals surface area contributed by atoms with Crippen molar-refractivity contribution in [3.8, 4) is 0 Å². The molecule has 1 rings (SSSR count). The third kappa shape index (κ3) is 2.00. The van der Waals surface area contributed by atoms with Crippen molar-refractivity contribution >= 4 is 5.69 Å². The summed E-state index contributed by atoms with van der Waals surface area (Å²) in [6.07, 6.45) is -5.83. The van der Waals surface area contributed by atoms with E-state index in [1.54, 1.807) is 0 Å². The maximum absolute atomic E-state index is 12.8. The number of nitrogens with two attached hydrogens (primary N) is 1. The molecule has 0 aromatic heterocycles. The van der Waals surface area contributed by atoms with E-state index in [0.29, 0.717) is 12.1 Å². The van der Waals surface area contributed by atoms with E-state index < -0.39 is 23.5 Å². The van der Waals surface area contributed by atoms with Crippen molar-refractivity contribution in [2.45, 2.75) is 12.1 Å². The fourth-order valence-corrected chi connectivity index (χ4v) is 0.939. The molecule has 1 aromatic carbocycles. The molecule has 15 heavy (non-hydrogen) atoms. The van der Waals surface area contributed by atoms with Gasteiger partial charge in [-0.05, 0) is 18.2 Å². The number of rotatable bonds is 1. The van der Waals surface area contributed by atoms with E-state index in [2.05, 4.69) is 0 Å². The number of hydrogen-bond donors (Lipinski definition) is 1. The second-order valence-electron chi connectivity index (χ2n) is 2.81. The highest BCUT2D eigenvalue weighted by Crippen LogP contribution is 2.44. The highest BCUT2D eigenvalue weighted by Gasteiger charge is 2.59. The zero-order valence-electron chi connectivity index (χ0n) is 7.08. The fraction of sp³-hybridized carbons (Fsp3) is 0.250. The number of anilines is 1. The molecule has 0 bridgehead atoms. The zero-order chi connectivity index (χ0) is 11.9. The standard InChI is InChI=1S/C8H5F6N/c9-6-3-4(15)1-2-5(6)7(10,11)8(12,13)14/h1-3H,15H2. The molecule has 0 spiro atoms. The molecule has 0 radical (unpaired) electrons. The first-order chi connectivity index (χ1) is 6.66. The van der Waals surface area contributed by atoms with Gasteiger partial charge in [0.25, 0.3) is 0 Å². The van der Waals surface area contributed by atoms with Crippen molar-refractivity contribution in [1.82, 2.24) is 0 Å². The van der Waals surface area contributed by atoms with Crippen molar-refractivity contribution in [3.63, 3.8) is 0 Å². The van der Waals surface area contributed by atoms with Gasteiger partial charge >= 0.3 is 12.1 Å². The number of benzene rings is 1. The van der Waals surface area contributed by atoms with Gasteiger partial charge in [0.05, 0.1) is 5.56 Å². The fourth-order valence-electron chi connectivity index (χ4n) is 0.939. The monoisotopic (exact) mass is 229 g/mol. The quantitative estimate of drug-likeness (QED) is 0.581. The average Bonchev–Trinajstić information content (AvgIpc) is 2.00. The second-order valence-corrected chi connectivity index (χ2v) is 2.81. The molecule has 1 nitrogen and oxygen atoms in total. The van der Waals surface area contributed by atoms with Crippen molar-refractivity contribution in [1.29, 1.82) is 0 Å². The molecular formula is C8H5F6N. The lowest BCUT2D eigenvalue weighted by Gasteiger charge is -2.20. The van der Waals surface area contributed by atoms with Crippen LogP contribution >= 0.6 is 0 Å². The van der Waals surface area contributed by atoms with Crippen molar-refractivity contribution in [2.24, 2.45) is 0 Å². The van der Waals surface area contributed by atoms with Gasteiger partial charge in [-0.1, -0.05) is 0 Å². The molecule has 0 aliphatic heterocycles. The first-order valence-corrected chi connectivity index (χ1v) is 3.66. The van der Waals surface area contributed by atoms with Gasteiger partial charge in [0.1, 0.15) is 5.82 Å². The molecule has 0 heterocycles. The Labute approximate surface area is 80.5 Å². The lowest BCUT2D eigenvalue weighted by Crippen LogP contribution is -2.34. The highest BCUT2D eigenvalue weighted by atomic mass is 19.4. The zero-order valence-corrected chi connectivity index (χ0v) is 7.08. The van der Waals surface area contributed by atoms with E-state index in [-0.39, 0.29) is 5.69 Å². The van der Waals surface area contributed by atoms with Gasteiger partial charge in [0, 0.05) is 5.69 Å². The van der Waals surface area contributed by atoms with Crippen molar-refractivity contribution in [2.75, 3.05) is 5.73 Å². The SMILES string of the molecule is Nc1ccc(C(F)(F)C(F)(F)F)c(F)c1. The number of alkyl halides is 5. The first-order valence-electron chi connectivity index (χ1n) is 3.66. The van der Waals surface area contributed by atoms with Crippen LogP contribution in [-0.4, -0.2) is 6.18 Å². The topological polar surface area (TPSA) is 26.0 Å². The largest absolute Gasteiger partial charge is 0.458 e. The summed E-state index contributed by atoms with van der Waals surface area (Å²) in [5.74, 6) is -6.90. The number of hydrogen-bond acceptors (Lipinski definition) is 1.